The first kappa shape index (κ1) is 43.2. The normalized spacial score (nSPS) is 16.4. The van der Waals surface area contributed by atoms with E-state index in [4.69, 9.17) is 30.7 Å². The molecule has 4 heterocycles. The summed E-state index contributed by atoms with van der Waals surface area (Å²) in [5.74, 6) is -2.36. The summed E-state index contributed by atoms with van der Waals surface area (Å²) in [7, 11) is 0. The lowest BCUT2D eigenvalue weighted by Gasteiger charge is -2.35. The minimum absolute atomic E-state index is 0.0356. The van der Waals surface area contributed by atoms with Gasteiger partial charge in [0.1, 0.15) is 25.3 Å². The third kappa shape index (κ3) is 9.21. The molecule has 0 spiro atoms. The predicted octanol–water partition coefficient (Wildman–Crippen LogP) is 4.07. The number of amides is 3. The van der Waals surface area contributed by atoms with Crippen molar-refractivity contribution >= 4 is 46.4 Å². The number of rotatable bonds is 16. The van der Waals surface area contributed by atoms with Crippen LogP contribution >= 0.6 is 0 Å². The van der Waals surface area contributed by atoms with Crippen molar-refractivity contribution in [2.45, 2.75) is 89.4 Å². The molecular weight excluding hydrogens is 795 g/mol. The highest BCUT2D eigenvalue weighted by Gasteiger charge is 2.51. The van der Waals surface area contributed by atoms with E-state index in [-0.39, 0.29) is 49.2 Å². The first-order valence-corrected chi connectivity index (χ1v) is 20.6. The molecule has 16 heteroatoms. The third-order valence-electron chi connectivity index (χ3n) is 11.1. The number of hydrogen-bond acceptors (Lipinski definition) is 12. The number of nitrogens with zero attached hydrogens (tertiary/aromatic N) is 2. The number of nitrogens with two attached hydrogens (primary N) is 2. The molecule has 0 bridgehead atoms. The van der Waals surface area contributed by atoms with Crippen molar-refractivity contribution in [1.82, 2.24) is 20.2 Å². The molecule has 2 aromatic heterocycles. The SMILES string of the molecule is CC[C@@]1(OC(=O)OCc2ccc(NC(=O)[C@H](CCCCN)NC(=O)[C@H](Cc3ccccc3)NC(=O)[C@@H](C)N)cc2)C(=O)OCc2c1cc1n(c2=O)Cc2cc3ccccc3nc2-1. The highest BCUT2D eigenvalue weighted by molar-refractivity contribution is 5.98. The number of cyclic esters (lactones) is 1. The summed E-state index contributed by atoms with van der Waals surface area (Å²) in [5, 5.41) is 9.26. The van der Waals surface area contributed by atoms with Gasteiger partial charge in [0.25, 0.3) is 5.56 Å². The van der Waals surface area contributed by atoms with Crippen LogP contribution < -0.4 is 33.0 Å². The average Bonchev–Trinajstić information content (AvgIpc) is 3.63. The molecule has 62 heavy (non-hydrogen) atoms. The number of fused-ring (bicyclic) bond motifs is 5. The van der Waals surface area contributed by atoms with Crippen molar-refractivity contribution in [1.29, 1.82) is 0 Å². The zero-order chi connectivity index (χ0) is 44.0. The van der Waals surface area contributed by atoms with Crippen LogP contribution in [0, 0.1) is 0 Å². The number of anilines is 1. The maximum absolute atomic E-state index is 13.9. The van der Waals surface area contributed by atoms with Crippen LogP contribution in [0.15, 0.2) is 95.8 Å². The molecule has 0 radical (unpaired) electrons. The van der Waals surface area contributed by atoms with Gasteiger partial charge in [-0.1, -0.05) is 67.6 Å². The number of aromatic nitrogens is 2. The molecule has 0 fully saturated rings. The van der Waals surface area contributed by atoms with Crippen LogP contribution in [0.3, 0.4) is 0 Å². The second kappa shape index (κ2) is 18.8. The van der Waals surface area contributed by atoms with Gasteiger partial charge < -0.3 is 46.2 Å². The number of benzene rings is 3. The molecule has 0 saturated heterocycles. The van der Waals surface area contributed by atoms with Crippen molar-refractivity contribution < 1.29 is 38.2 Å². The zero-order valence-electron chi connectivity index (χ0n) is 34.5. The van der Waals surface area contributed by atoms with Crippen molar-refractivity contribution in [2.75, 3.05) is 11.9 Å². The van der Waals surface area contributed by atoms with E-state index < -0.39 is 53.6 Å². The lowest BCUT2D eigenvalue weighted by molar-refractivity contribution is -0.175. The van der Waals surface area contributed by atoms with E-state index in [1.165, 1.54) is 6.92 Å². The molecule has 3 amide bonds. The molecule has 4 atom stereocenters. The first-order valence-electron chi connectivity index (χ1n) is 20.6. The summed E-state index contributed by atoms with van der Waals surface area (Å²) in [5.41, 5.74) is 14.1. The fourth-order valence-electron chi connectivity index (χ4n) is 7.71. The number of esters is 1. The summed E-state index contributed by atoms with van der Waals surface area (Å²) >= 11 is 0. The van der Waals surface area contributed by atoms with Crippen molar-refractivity contribution in [2.24, 2.45) is 11.5 Å². The molecule has 0 unspecified atom stereocenters. The fraction of sp³-hybridized carbons (Fsp3) is 0.326. The Kier molecular flexibility index (Phi) is 13.1. The largest absolute Gasteiger partial charge is 0.510 e. The van der Waals surface area contributed by atoms with Crippen LogP contribution in [-0.2, 0) is 65.2 Å². The number of pyridine rings is 2. The van der Waals surface area contributed by atoms with E-state index in [1.807, 2.05) is 60.7 Å². The lowest BCUT2D eigenvalue weighted by Crippen LogP contribution is -2.55. The Labute approximate surface area is 357 Å². The number of hydrogen-bond donors (Lipinski definition) is 5. The quantitative estimate of drug-likeness (QED) is 0.0685. The Bertz CT molecular complexity index is 2560. The number of para-hydroxylation sites is 1. The minimum Gasteiger partial charge on any atom is -0.457 e. The Balaban J connectivity index is 1.01. The maximum Gasteiger partial charge on any atom is 0.510 e. The molecule has 322 valence electrons. The topological polar surface area (TPSA) is 236 Å². The number of carbonyl (C=O) groups is 5. The summed E-state index contributed by atoms with van der Waals surface area (Å²) in [4.78, 5) is 85.2. The average molecular weight is 844 g/mol. The van der Waals surface area contributed by atoms with Gasteiger partial charge in [0.2, 0.25) is 23.3 Å². The van der Waals surface area contributed by atoms with Gasteiger partial charge in [0.05, 0.1) is 35.1 Å². The number of ether oxygens (including phenoxy) is 3. The smallest absolute Gasteiger partial charge is 0.457 e. The van der Waals surface area contributed by atoms with Gasteiger partial charge in [-0.15, -0.1) is 0 Å². The van der Waals surface area contributed by atoms with Gasteiger partial charge in [0, 0.05) is 28.6 Å². The number of unbranched alkanes of at least 4 members (excludes halogenated alkanes) is 1. The Morgan fingerprint density at radius 2 is 1.61 bits per heavy atom. The molecule has 0 aliphatic carbocycles. The highest BCUT2D eigenvalue weighted by Crippen LogP contribution is 2.41. The zero-order valence-corrected chi connectivity index (χ0v) is 34.5. The van der Waals surface area contributed by atoms with E-state index in [0.717, 1.165) is 22.0 Å². The van der Waals surface area contributed by atoms with E-state index in [0.29, 0.717) is 48.6 Å². The van der Waals surface area contributed by atoms with E-state index in [1.54, 1.807) is 41.8 Å². The maximum atomic E-state index is 13.9. The second-order valence-corrected chi connectivity index (χ2v) is 15.5. The summed E-state index contributed by atoms with van der Waals surface area (Å²) < 4.78 is 18.3. The molecule has 2 aliphatic rings. The van der Waals surface area contributed by atoms with Crippen LogP contribution in [0.2, 0.25) is 0 Å². The van der Waals surface area contributed by atoms with Crippen LogP contribution in [-0.4, -0.2) is 64.1 Å². The van der Waals surface area contributed by atoms with Crippen LogP contribution in [0.5, 0.6) is 0 Å². The number of carbonyl (C=O) groups excluding carboxylic acids is 5. The second-order valence-electron chi connectivity index (χ2n) is 15.5. The van der Waals surface area contributed by atoms with Gasteiger partial charge in [0.15, 0.2) is 0 Å². The van der Waals surface area contributed by atoms with Gasteiger partial charge in [-0.25, -0.2) is 14.6 Å². The van der Waals surface area contributed by atoms with E-state index in [9.17, 15) is 28.8 Å². The summed E-state index contributed by atoms with van der Waals surface area (Å²) in [6, 6.07) is 24.1. The third-order valence-corrected chi connectivity index (χ3v) is 11.1. The molecule has 16 nitrogen and oxygen atoms in total. The van der Waals surface area contributed by atoms with Crippen molar-refractivity contribution in [3.05, 3.63) is 129 Å². The van der Waals surface area contributed by atoms with Crippen molar-refractivity contribution in [3.63, 3.8) is 0 Å². The van der Waals surface area contributed by atoms with Crippen LogP contribution in [0.1, 0.15) is 67.3 Å². The Morgan fingerprint density at radius 1 is 0.887 bits per heavy atom. The molecule has 0 saturated carbocycles. The summed E-state index contributed by atoms with van der Waals surface area (Å²) in [6.07, 6.45) is 0.468. The fourth-order valence-corrected chi connectivity index (χ4v) is 7.71. The molecule has 3 aromatic carbocycles. The standard InChI is InChI=1S/C46H49N7O9/c1-3-46(34-23-38-39-31(22-30-13-7-8-14-35(30)50-39)24-53(38)43(57)33(34)26-60-44(46)58)62-45(59)61-25-29-16-18-32(19-17-29)49-41(55)36(15-9-10-20-47)51-42(56)37(52-40(54)27(2)48)21-28-11-5-4-6-12-28/h4-8,11-14,16-19,22-23,27,36-37H,3,9-10,15,20-21,24-26,47-48H2,1-2H3,(H,49,55)(H,51,56)(H,52,54)/t27-,36+,37+,46+/m1/s1. The monoisotopic (exact) mass is 843 g/mol. The lowest BCUT2D eigenvalue weighted by atomic mass is 9.85. The summed E-state index contributed by atoms with van der Waals surface area (Å²) in [6.45, 7) is 3.35. The Morgan fingerprint density at radius 3 is 2.34 bits per heavy atom. The Hall–Kier alpha value is -6.91. The van der Waals surface area contributed by atoms with E-state index >= 15 is 0 Å². The minimum atomic E-state index is -1.95. The van der Waals surface area contributed by atoms with Gasteiger partial charge in [-0.2, -0.15) is 0 Å². The van der Waals surface area contributed by atoms with Gasteiger partial charge in [-0.05, 0) is 80.6 Å². The molecule has 7 N–H and O–H groups in total. The van der Waals surface area contributed by atoms with Crippen molar-refractivity contribution in [3.8, 4) is 11.4 Å². The highest BCUT2D eigenvalue weighted by atomic mass is 16.7. The van der Waals surface area contributed by atoms with Gasteiger partial charge in [-0.3, -0.25) is 19.2 Å². The van der Waals surface area contributed by atoms with Crippen LogP contribution in [0.25, 0.3) is 22.3 Å². The van der Waals surface area contributed by atoms with Gasteiger partial charge >= 0.3 is 12.1 Å². The molecule has 7 rings (SSSR count). The number of nitrogens with one attached hydrogen (secondary N) is 3. The van der Waals surface area contributed by atoms with Crippen LogP contribution in [0.4, 0.5) is 10.5 Å². The molecular formula is C46H49N7O9. The predicted molar refractivity (Wildman–Crippen MR) is 229 cm³/mol. The van der Waals surface area contributed by atoms with E-state index in [2.05, 4.69) is 16.0 Å². The molecule has 5 aromatic rings. The molecule has 2 aliphatic heterocycles. The first-order chi connectivity index (χ1) is 29.9.